The lowest BCUT2D eigenvalue weighted by molar-refractivity contribution is -0.133. The number of amides is 1. The van der Waals surface area contributed by atoms with E-state index in [0.717, 1.165) is 5.56 Å². The first-order chi connectivity index (χ1) is 8.70. The zero-order chi connectivity index (χ0) is 13.0. The molecule has 5 nitrogen and oxygen atoms in total. The lowest BCUT2D eigenvalue weighted by Gasteiger charge is -2.23. The van der Waals surface area contributed by atoms with E-state index in [0.29, 0.717) is 24.7 Å². The van der Waals surface area contributed by atoms with E-state index in [2.05, 4.69) is 16.4 Å². The quantitative estimate of drug-likeness (QED) is 0.751. The number of hydrogen-bond donors (Lipinski definition) is 3. The Kier molecular flexibility index (Phi) is 4.54. The fourth-order valence-electron chi connectivity index (χ4n) is 1.91. The van der Waals surface area contributed by atoms with Gasteiger partial charge in [-0.05, 0) is 24.6 Å². The largest absolute Gasteiger partial charge is 0.337 e. The highest BCUT2D eigenvalue weighted by atomic mass is 35.5. The lowest BCUT2D eigenvalue weighted by atomic mass is 10.2. The van der Waals surface area contributed by atoms with Crippen molar-refractivity contribution in [1.29, 1.82) is 0 Å². The van der Waals surface area contributed by atoms with Gasteiger partial charge in [0.25, 0.3) is 0 Å². The van der Waals surface area contributed by atoms with Crippen molar-refractivity contribution >= 4 is 17.5 Å². The van der Waals surface area contributed by atoms with Crippen molar-refractivity contribution in [2.45, 2.75) is 19.5 Å². The van der Waals surface area contributed by atoms with Crippen LogP contribution >= 0.6 is 11.6 Å². The molecule has 1 aromatic carbocycles. The molecule has 1 atom stereocenters. The van der Waals surface area contributed by atoms with Crippen LogP contribution in [0.25, 0.3) is 0 Å². The second-order valence-electron chi connectivity index (χ2n) is 4.19. The molecule has 1 saturated heterocycles. The Morgan fingerprint density at radius 2 is 2.39 bits per heavy atom. The van der Waals surface area contributed by atoms with Gasteiger partial charge in [-0.15, -0.1) is 0 Å². The summed E-state index contributed by atoms with van der Waals surface area (Å²) in [5.41, 5.74) is 9.54. The molecule has 6 heteroatoms. The van der Waals surface area contributed by atoms with E-state index < -0.39 is 0 Å². The summed E-state index contributed by atoms with van der Waals surface area (Å²) in [5.74, 6) is 0.0787. The van der Waals surface area contributed by atoms with Crippen LogP contribution in [-0.2, 0) is 11.3 Å². The number of carbonyl (C=O) groups is 1. The van der Waals surface area contributed by atoms with Crippen LogP contribution in [0.1, 0.15) is 12.5 Å². The van der Waals surface area contributed by atoms with E-state index in [1.54, 1.807) is 4.90 Å². The topological polar surface area (TPSA) is 56.4 Å². The van der Waals surface area contributed by atoms with Crippen LogP contribution in [0.5, 0.6) is 0 Å². The molecule has 98 valence electrons. The van der Waals surface area contributed by atoms with Gasteiger partial charge in [0.15, 0.2) is 0 Å². The minimum atomic E-state index is -0.218. The average Bonchev–Trinajstić information content (AvgIpc) is 2.89. The normalized spacial score (nSPS) is 18.9. The van der Waals surface area contributed by atoms with Gasteiger partial charge in [-0.3, -0.25) is 4.79 Å². The first kappa shape index (κ1) is 13.3. The average molecular weight is 269 g/mol. The first-order valence-electron chi connectivity index (χ1n) is 5.97. The summed E-state index contributed by atoms with van der Waals surface area (Å²) in [5, 5.41) is 0.693. The van der Waals surface area contributed by atoms with E-state index in [9.17, 15) is 4.79 Å². The Bertz CT molecular complexity index is 420. The minimum absolute atomic E-state index is 0.0787. The zero-order valence-corrected chi connectivity index (χ0v) is 11.0. The summed E-state index contributed by atoms with van der Waals surface area (Å²) in [7, 11) is 0. The third-order valence-electron chi connectivity index (χ3n) is 2.89. The molecule has 0 saturated carbocycles. The maximum absolute atomic E-state index is 12.2. The Hall–Kier alpha value is -1.14. The van der Waals surface area contributed by atoms with Crippen molar-refractivity contribution in [3.05, 3.63) is 34.9 Å². The summed E-state index contributed by atoms with van der Waals surface area (Å²) in [4.78, 5) is 14.0. The van der Waals surface area contributed by atoms with Gasteiger partial charge < -0.3 is 4.90 Å². The van der Waals surface area contributed by atoms with Gasteiger partial charge in [0, 0.05) is 24.7 Å². The summed E-state index contributed by atoms with van der Waals surface area (Å²) in [6.45, 7) is 3.81. The molecule has 0 spiro atoms. The smallest absolute Gasteiger partial charge is 0.242 e. The van der Waals surface area contributed by atoms with Crippen molar-refractivity contribution in [3.63, 3.8) is 0 Å². The number of rotatable bonds is 4. The molecule has 0 aliphatic carbocycles. The van der Waals surface area contributed by atoms with Gasteiger partial charge in [-0.25, -0.2) is 10.9 Å². The van der Waals surface area contributed by atoms with E-state index >= 15 is 0 Å². The molecule has 18 heavy (non-hydrogen) atoms. The summed E-state index contributed by atoms with van der Waals surface area (Å²) >= 11 is 5.94. The third kappa shape index (κ3) is 3.20. The molecule has 0 aromatic heterocycles. The highest BCUT2D eigenvalue weighted by Crippen LogP contribution is 2.13. The predicted octanol–water partition coefficient (Wildman–Crippen LogP) is 0.669. The van der Waals surface area contributed by atoms with Crippen LogP contribution in [0.15, 0.2) is 24.3 Å². The van der Waals surface area contributed by atoms with Gasteiger partial charge in [-0.1, -0.05) is 23.7 Å². The van der Waals surface area contributed by atoms with Crippen molar-refractivity contribution in [2.75, 3.05) is 13.1 Å². The van der Waals surface area contributed by atoms with Gasteiger partial charge >= 0.3 is 0 Å². The number of hydrazine groups is 2. The minimum Gasteiger partial charge on any atom is -0.337 e. The fourth-order valence-corrected chi connectivity index (χ4v) is 2.13. The molecular formula is C12H17ClN4O. The molecular weight excluding hydrogens is 252 g/mol. The highest BCUT2D eigenvalue weighted by Gasteiger charge is 2.26. The van der Waals surface area contributed by atoms with Crippen molar-refractivity contribution in [2.24, 2.45) is 0 Å². The number of benzene rings is 1. The van der Waals surface area contributed by atoms with Crippen LogP contribution in [0.4, 0.5) is 0 Å². The SMILES string of the molecule is CCN(Cc1cccc(Cl)c1)C(=O)C1CNNN1. The number of nitrogens with zero attached hydrogens (tertiary/aromatic N) is 1. The molecule has 1 heterocycles. The number of carbonyl (C=O) groups excluding carboxylic acids is 1. The molecule has 1 aliphatic heterocycles. The molecule has 3 N–H and O–H groups in total. The Labute approximate surface area is 111 Å². The molecule has 2 rings (SSSR count). The summed E-state index contributed by atoms with van der Waals surface area (Å²) < 4.78 is 0. The van der Waals surface area contributed by atoms with Crippen LogP contribution < -0.4 is 16.4 Å². The second-order valence-corrected chi connectivity index (χ2v) is 4.62. The van der Waals surface area contributed by atoms with E-state index in [-0.39, 0.29) is 11.9 Å². The monoisotopic (exact) mass is 268 g/mol. The second kappa shape index (κ2) is 6.15. The number of halogens is 1. The lowest BCUT2D eigenvalue weighted by Crippen LogP contribution is -2.46. The maximum atomic E-state index is 12.2. The van der Waals surface area contributed by atoms with Gasteiger partial charge in [-0.2, -0.15) is 5.53 Å². The van der Waals surface area contributed by atoms with Crippen molar-refractivity contribution in [1.82, 2.24) is 21.3 Å². The molecule has 1 unspecified atom stereocenters. The standard InChI is InChI=1S/C12H17ClN4O/c1-2-17(12(18)11-7-14-16-15-11)8-9-4-3-5-10(13)6-9/h3-6,11,14-16H,2,7-8H2,1H3. The summed E-state index contributed by atoms with van der Waals surface area (Å²) in [6.07, 6.45) is 0. The van der Waals surface area contributed by atoms with Crippen molar-refractivity contribution < 1.29 is 4.79 Å². The van der Waals surface area contributed by atoms with Crippen LogP contribution in [0, 0.1) is 0 Å². The van der Waals surface area contributed by atoms with Crippen LogP contribution in [0.3, 0.4) is 0 Å². The third-order valence-corrected chi connectivity index (χ3v) is 3.13. The number of nitrogens with one attached hydrogen (secondary N) is 3. The Balaban J connectivity index is 2.02. The van der Waals surface area contributed by atoms with E-state index in [1.165, 1.54) is 0 Å². The Morgan fingerprint density at radius 3 is 3.00 bits per heavy atom. The van der Waals surface area contributed by atoms with Gasteiger partial charge in [0.2, 0.25) is 5.91 Å². The molecule has 1 fully saturated rings. The molecule has 1 amide bonds. The van der Waals surface area contributed by atoms with Gasteiger partial charge in [0.1, 0.15) is 6.04 Å². The van der Waals surface area contributed by atoms with Gasteiger partial charge in [0.05, 0.1) is 0 Å². The van der Waals surface area contributed by atoms with Crippen molar-refractivity contribution in [3.8, 4) is 0 Å². The predicted molar refractivity (Wildman–Crippen MR) is 70.6 cm³/mol. The van der Waals surface area contributed by atoms with Crippen LogP contribution in [-0.4, -0.2) is 29.9 Å². The summed E-state index contributed by atoms with van der Waals surface area (Å²) in [6, 6.07) is 7.36. The fraction of sp³-hybridized carbons (Fsp3) is 0.417. The molecule has 1 aromatic rings. The number of likely N-dealkylation sites (N-methyl/N-ethyl adjacent to an activating group) is 1. The number of hydrogen-bond acceptors (Lipinski definition) is 4. The molecule has 0 radical (unpaired) electrons. The first-order valence-corrected chi connectivity index (χ1v) is 6.35. The molecule has 0 bridgehead atoms. The molecule has 1 aliphatic rings. The zero-order valence-electron chi connectivity index (χ0n) is 10.2. The maximum Gasteiger partial charge on any atom is 0.242 e. The highest BCUT2D eigenvalue weighted by molar-refractivity contribution is 6.30. The van der Waals surface area contributed by atoms with E-state index in [4.69, 9.17) is 11.6 Å². The van der Waals surface area contributed by atoms with Crippen LogP contribution in [0.2, 0.25) is 5.02 Å². The van der Waals surface area contributed by atoms with E-state index in [1.807, 2.05) is 31.2 Å². The Morgan fingerprint density at radius 1 is 1.56 bits per heavy atom.